The van der Waals surface area contributed by atoms with E-state index in [4.69, 9.17) is 4.74 Å². The van der Waals surface area contributed by atoms with Crippen molar-refractivity contribution in [3.63, 3.8) is 0 Å². The van der Waals surface area contributed by atoms with Crippen molar-refractivity contribution in [3.05, 3.63) is 42.8 Å². The van der Waals surface area contributed by atoms with Crippen LogP contribution < -0.4 is 17.0 Å². The van der Waals surface area contributed by atoms with Crippen LogP contribution in [0, 0.1) is 12.8 Å². The van der Waals surface area contributed by atoms with Gasteiger partial charge in [-0.15, -0.1) is 0 Å². The van der Waals surface area contributed by atoms with Gasteiger partial charge in [0.2, 0.25) is 0 Å². The van der Waals surface area contributed by atoms with Gasteiger partial charge in [-0.05, 0) is 12.0 Å². The molecule has 0 saturated carbocycles. The van der Waals surface area contributed by atoms with Gasteiger partial charge in [0, 0.05) is 6.61 Å². The molecule has 0 unspecified atom stereocenters. The number of hydrogen-bond acceptors (Lipinski definition) is 1. The molecule has 0 bridgehead atoms. The number of unbranched alkanes of at least 4 members (excludes halogenated alkanes) is 1. The minimum atomic E-state index is 0. The van der Waals surface area contributed by atoms with Gasteiger partial charge in [0.15, 0.2) is 0 Å². The molecule has 1 aromatic rings. The van der Waals surface area contributed by atoms with Crippen LogP contribution in [0.2, 0.25) is 0 Å². The van der Waals surface area contributed by atoms with Crippen LogP contribution in [0.5, 0.6) is 0 Å². The number of hydrogen-bond donors (Lipinski definition) is 0. The van der Waals surface area contributed by atoms with Crippen LogP contribution >= 0.6 is 0 Å². The average molecular weight is 310 g/mol. The molecule has 0 saturated heterocycles. The predicted octanol–water partition coefficient (Wildman–Crippen LogP) is 0.467. The molecule has 0 heterocycles. The van der Waals surface area contributed by atoms with Gasteiger partial charge >= 0.3 is 23.1 Å². The molecule has 1 rings (SSSR count). The maximum absolute atomic E-state index is 5.58. The summed E-state index contributed by atoms with van der Waals surface area (Å²) in [7, 11) is 0. The summed E-state index contributed by atoms with van der Waals surface area (Å²) in [5.74, 6) is 0.569. The van der Waals surface area contributed by atoms with Gasteiger partial charge in [0.1, 0.15) is 0 Å². The molecule has 0 N–H and O–H groups in total. The topological polar surface area (TPSA) is 9.23 Å². The Bertz CT molecular complexity index is 252. The quantitative estimate of drug-likeness (QED) is 0.404. The van der Waals surface area contributed by atoms with Crippen LogP contribution in [0.25, 0.3) is 0 Å². The van der Waals surface area contributed by atoms with Crippen LogP contribution in [-0.2, 0) is 11.3 Å². The van der Waals surface area contributed by atoms with E-state index >= 15 is 0 Å². The Morgan fingerprint density at radius 3 is 2.41 bits per heavy atom. The summed E-state index contributed by atoms with van der Waals surface area (Å²) in [5.41, 5.74) is 1.25. The van der Waals surface area contributed by atoms with E-state index in [1.165, 1.54) is 18.4 Å². The fraction of sp³-hybridized carbons (Fsp3) is 0.500. The van der Waals surface area contributed by atoms with E-state index in [2.05, 4.69) is 26.0 Å². The summed E-state index contributed by atoms with van der Waals surface area (Å²) in [6, 6.07) is 10.3. The first-order valence-electron chi connectivity index (χ1n) is 5.74. The van der Waals surface area contributed by atoms with Gasteiger partial charge in [-0.2, -0.15) is 5.92 Å². The Morgan fingerprint density at radius 1 is 1.18 bits per heavy atom. The van der Waals surface area contributed by atoms with Crippen molar-refractivity contribution in [2.24, 2.45) is 5.92 Å². The summed E-state index contributed by atoms with van der Waals surface area (Å²) in [6.45, 7) is 7.72. The summed E-state index contributed by atoms with van der Waals surface area (Å²) in [6.07, 6.45) is 3.57. The third-order valence-corrected chi connectivity index (χ3v) is 2.35. The molecular formula is C14H21BrMgO. The molecule has 0 spiro atoms. The van der Waals surface area contributed by atoms with Gasteiger partial charge < -0.3 is 28.6 Å². The molecule has 0 aliphatic carbocycles. The first-order valence-corrected chi connectivity index (χ1v) is 5.74. The third-order valence-electron chi connectivity index (χ3n) is 2.35. The molecule has 1 atom stereocenters. The van der Waals surface area contributed by atoms with E-state index in [0.29, 0.717) is 5.92 Å². The number of rotatable bonds is 7. The molecule has 0 aromatic heterocycles. The molecule has 1 aromatic carbocycles. The van der Waals surface area contributed by atoms with Crippen molar-refractivity contribution in [3.8, 4) is 0 Å². The van der Waals surface area contributed by atoms with Crippen molar-refractivity contribution in [2.45, 2.75) is 32.8 Å². The second kappa shape index (κ2) is 12.9. The Balaban J connectivity index is 0. The normalized spacial score (nSPS) is 11.2. The molecular weight excluding hydrogens is 288 g/mol. The smallest absolute Gasteiger partial charge is 1.00 e. The summed E-state index contributed by atoms with van der Waals surface area (Å²) >= 11 is 0. The number of benzene rings is 1. The van der Waals surface area contributed by atoms with Crippen molar-refractivity contribution < 1.29 is 21.7 Å². The van der Waals surface area contributed by atoms with Crippen molar-refractivity contribution in [1.82, 2.24) is 0 Å². The molecule has 0 amide bonds. The van der Waals surface area contributed by atoms with Gasteiger partial charge in [-0.3, -0.25) is 0 Å². The fourth-order valence-electron chi connectivity index (χ4n) is 1.46. The molecule has 17 heavy (non-hydrogen) atoms. The van der Waals surface area contributed by atoms with Crippen LogP contribution in [0.15, 0.2) is 30.3 Å². The van der Waals surface area contributed by atoms with Crippen LogP contribution in [0.4, 0.5) is 0 Å². The Kier molecular flexibility index (Phi) is 15.0. The maximum Gasteiger partial charge on any atom is 2.00 e. The van der Waals surface area contributed by atoms with E-state index in [0.717, 1.165) is 19.6 Å². The second-order valence-electron chi connectivity index (χ2n) is 4.14. The van der Waals surface area contributed by atoms with E-state index in [1.54, 1.807) is 0 Å². The average Bonchev–Trinajstić information content (AvgIpc) is 2.24. The summed E-state index contributed by atoms with van der Waals surface area (Å²) < 4.78 is 5.58. The zero-order valence-electron chi connectivity index (χ0n) is 10.7. The molecule has 0 aliphatic rings. The third kappa shape index (κ3) is 11.3. The van der Waals surface area contributed by atoms with Crippen molar-refractivity contribution in [2.75, 3.05) is 6.61 Å². The monoisotopic (exact) mass is 308 g/mol. The first-order chi connectivity index (χ1) is 7.29. The van der Waals surface area contributed by atoms with Crippen molar-refractivity contribution >= 4 is 23.1 Å². The van der Waals surface area contributed by atoms with Crippen LogP contribution in [-0.4, -0.2) is 29.7 Å². The van der Waals surface area contributed by atoms with Crippen LogP contribution in [0.1, 0.15) is 31.7 Å². The SMILES string of the molecule is [Br-].[CH2-][C@H](C)CCCCOCc1ccccc1.[Mg+2]. The zero-order chi connectivity index (χ0) is 10.9. The van der Waals surface area contributed by atoms with Crippen molar-refractivity contribution in [1.29, 1.82) is 0 Å². The minimum Gasteiger partial charge on any atom is -1.00 e. The standard InChI is InChI=1S/C14H21O.BrH.Mg/c1-13(2)8-6-7-11-15-12-14-9-4-3-5-10-14;;/h3-5,9-10,13H,1,6-8,11-12H2,2H3;1H;/q-1;;+2/p-1/t13-;;/m1../s1. The largest absolute Gasteiger partial charge is 2.00 e. The van der Waals surface area contributed by atoms with E-state index in [-0.39, 0.29) is 40.0 Å². The molecule has 0 aliphatic heterocycles. The summed E-state index contributed by atoms with van der Waals surface area (Å²) in [5, 5.41) is 0. The Morgan fingerprint density at radius 2 is 1.82 bits per heavy atom. The van der Waals surface area contributed by atoms with Gasteiger partial charge in [-0.1, -0.05) is 50.1 Å². The molecule has 1 nitrogen and oxygen atoms in total. The van der Waals surface area contributed by atoms with Gasteiger partial charge in [0.05, 0.1) is 6.61 Å². The van der Waals surface area contributed by atoms with Crippen LogP contribution in [0.3, 0.4) is 0 Å². The molecule has 0 fully saturated rings. The first kappa shape index (κ1) is 19.8. The second-order valence-corrected chi connectivity index (χ2v) is 4.14. The minimum absolute atomic E-state index is 0. The molecule has 3 heteroatoms. The van der Waals surface area contributed by atoms with E-state index in [1.807, 2.05) is 18.2 Å². The number of halogens is 1. The zero-order valence-corrected chi connectivity index (χ0v) is 13.7. The summed E-state index contributed by atoms with van der Waals surface area (Å²) in [4.78, 5) is 0. The van der Waals surface area contributed by atoms with E-state index < -0.39 is 0 Å². The van der Waals surface area contributed by atoms with E-state index in [9.17, 15) is 0 Å². The predicted molar refractivity (Wildman–Crippen MR) is 70.2 cm³/mol. The Labute approximate surface area is 132 Å². The number of ether oxygens (including phenoxy) is 1. The van der Waals surface area contributed by atoms with Gasteiger partial charge in [0.25, 0.3) is 0 Å². The Hall–Kier alpha value is 0.426. The molecule has 92 valence electrons. The molecule has 0 radical (unpaired) electrons. The van der Waals surface area contributed by atoms with Gasteiger partial charge in [-0.25, -0.2) is 0 Å². The maximum atomic E-state index is 5.58. The fourth-order valence-corrected chi connectivity index (χ4v) is 1.46.